The molecule has 15 heteroatoms. The van der Waals surface area contributed by atoms with Crippen molar-refractivity contribution in [3.63, 3.8) is 0 Å². The zero-order valence-electron chi connectivity index (χ0n) is 23.5. The average molecular weight is 625 g/mol. The van der Waals surface area contributed by atoms with Crippen LogP contribution in [0.1, 0.15) is 46.8 Å². The summed E-state index contributed by atoms with van der Waals surface area (Å²) in [5, 5.41) is 6.78. The number of halogens is 2. The lowest BCUT2D eigenvalue weighted by Crippen LogP contribution is -2.30. The second-order valence-electron chi connectivity index (χ2n) is 10.8. The predicted octanol–water partition coefficient (Wildman–Crippen LogP) is 3.79. The molecule has 3 aromatic heterocycles. The van der Waals surface area contributed by atoms with Crippen molar-refractivity contribution in [1.82, 2.24) is 29.7 Å². The van der Waals surface area contributed by atoms with Crippen LogP contribution in [-0.2, 0) is 14.6 Å². The lowest BCUT2D eigenvalue weighted by Gasteiger charge is -2.19. The van der Waals surface area contributed by atoms with E-state index in [0.717, 1.165) is 24.3 Å². The number of nitrogens with zero attached hydrogens (tertiary/aromatic N) is 7. The fourth-order valence-corrected chi connectivity index (χ4v) is 6.31. The van der Waals surface area contributed by atoms with Crippen LogP contribution in [0.3, 0.4) is 0 Å². The number of piperidine rings is 1. The van der Waals surface area contributed by atoms with Crippen LogP contribution in [0, 0.1) is 31.5 Å². The number of sulfone groups is 1. The third-order valence-corrected chi connectivity index (χ3v) is 9.19. The number of hydrogen-bond donors (Lipinski definition) is 1. The molecule has 1 N–H and O–H groups in total. The van der Waals surface area contributed by atoms with Crippen molar-refractivity contribution in [2.24, 2.45) is 11.8 Å². The van der Waals surface area contributed by atoms with Crippen molar-refractivity contribution < 1.29 is 22.4 Å². The molecule has 6 rings (SSSR count). The largest absolute Gasteiger partial charge is 0.318 e. The summed E-state index contributed by atoms with van der Waals surface area (Å²) in [6.45, 7) is 5.95. The van der Waals surface area contributed by atoms with Gasteiger partial charge in [0.05, 0.1) is 51.0 Å². The van der Waals surface area contributed by atoms with Crippen LogP contribution in [0.15, 0.2) is 41.8 Å². The molecule has 1 unspecified atom stereocenters. The molecule has 222 valence electrons. The maximum atomic E-state index is 15.0. The topological polar surface area (TPSA) is 153 Å². The minimum atomic E-state index is -3.86. The number of amides is 2. The maximum absolute atomic E-state index is 15.0. The molecule has 12 nitrogen and oxygen atoms in total. The standard InChI is InChI=1S/C28H26ClFN8O4S/c1-13-19(9-32-28(34-13)37-11-16-7-18(16)27(37)40)15(3)38-12-17(8-33-38)35-26(39)25-14(2)31-10-21(36-25)23-22(43(4,41)42)6-5-20(29)24(23)30/h5-6,8-10,12,15-16,18H,7,11H2,1-4H3,(H,35,39)/t15?,16-,18-/m1/s1. The van der Waals surface area contributed by atoms with Crippen molar-refractivity contribution in [3.05, 3.63) is 70.4 Å². The maximum Gasteiger partial charge on any atom is 0.276 e. The molecule has 1 aliphatic heterocycles. The van der Waals surface area contributed by atoms with E-state index in [1.807, 2.05) is 13.8 Å². The first-order chi connectivity index (χ1) is 20.3. The summed E-state index contributed by atoms with van der Waals surface area (Å²) < 4.78 is 41.3. The highest BCUT2D eigenvalue weighted by molar-refractivity contribution is 7.90. The fourth-order valence-electron chi connectivity index (χ4n) is 5.27. The molecule has 1 saturated carbocycles. The molecular weight excluding hydrogens is 599 g/mol. The van der Waals surface area contributed by atoms with Gasteiger partial charge in [0, 0.05) is 42.4 Å². The molecule has 0 bridgehead atoms. The first-order valence-electron chi connectivity index (χ1n) is 13.4. The molecule has 3 atom stereocenters. The lowest BCUT2D eigenvalue weighted by molar-refractivity contribution is -0.118. The molecule has 1 aromatic carbocycles. The van der Waals surface area contributed by atoms with Crippen molar-refractivity contribution in [1.29, 1.82) is 0 Å². The molecule has 43 heavy (non-hydrogen) atoms. The van der Waals surface area contributed by atoms with Gasteiger partial charge in [0.2, 0.25) is 11.9 Å². The monoisotopic (exact) mass is 624 g/mol. The van der Waals surface area contributed by atoms with Crippen LogP contribution < -0.4 is 10.2 Å². The quantitative estimate of drug-likeness (QED) is 0.323. The predicted molar refractivity (Wildman–Crippen MR) is 155 cm³/mol. The Balaban J connectivity index is 1.22. The number of carbonyl (C=O) groups excluding carboxylic acids is 2. The van der Waals surface area contributed by atoms with Crippen LogP contribution in [0.2, 0.25) is 5.02 Å². The van der Waals surface area contributed by atoms with Gasteiger partial charge >= 0.3 is 0 Å². The van der Waals surface area contributed by atoms with E-state index < -0.39 is 21.6 Å². The summed E-state index contributed by atoms with van der Waals surface area (Å²) in [6, 6.07) is 2.03. The second-order valence-corrected chi connectivity index (χ2v) is 13.2. The molecule has 1 saturated heterocycles. The van der Waals surface area contributed by atoms with E-state index in [9.17, 15) is 18.0 Å². The van der Waals surface area contributed by atoms with Gasteiger partial charge in [-0.1, -0.05) is 11.6 Å². The highest BCUT2D eigenvalue weighted by Crippen LogP contribution is 2.46. The first-order valence-corrected chi connectivity index (χ1v) is 15.6. The first kappa shape index (κ1) is 28.8. The van der Waals surface area contributed by atoms with E-state index in [1.165, 1.54) is 18.5 Å². The Hall–Kier alpha value is -4.30. The van der Waals surface area contributed by atoms with Gasteiger partial charge in [-0.3, -0.25) is 24.2 Å². The van der Waals surface area contributed by atoms with Gasteiger partial charge in [-0.05, 0) is 45.2 Å². The van der Waals surface area contributed by atoms with Gasteiger partial charge in [-0.2, -0.15) is 5.10 Å². The minimum Gasteiger partial charge on any atom is -0.318 e. The number of nitrogens with one attached hydrogen (secondary N) is 1. The Bertz CT molecular complexity index is 1930. The van der Waals surface area contributed by atoms with Crippen molar-refractivity contribution in [2.75, 3.05) is 23.0 Å². The summed E-state index contributed by atoms with van der Waals surface area (Å²) in [6.07, 6.45) is 7.84. The highest BCUT2D eigenvalue weighted by Gasteiger charge is 2.53. The third kappa shape index (κ3) is 5.25. The van der Waals surface area contributed by atoms with E-state index in [-0.39, 0.29) is 50.4 Å². The summed E-state index contributed by atoms with van der Waals surface area (Å²) in [5.74, 6) is -0.635. The lowest BCUT2D eigenvalue weighted by atomic mass is 10.1. The van der Waals surface area contributed by atoms with Crippen LogP contribution in [0.25, 0.3) is 11.3 Å². The zero-order valence-corrected chi connectivity index (χ0v) is 25.1. The van der Waals surface area contributed by atoms with Crippen molar-refractivity contribution >= 4 is 44.9 Å². The minimum absolute atomic E-state index is 0.0802. The summed E-state index contributed by atoms with van der Waals surface area (Å²) in [4.78, 5) is 44.4. The van der Waals surface area contributed by atoms with E-state index in [4.69, 9.17) is 11.6 Å². The van der Waals surface area contributed by atoms with Gasteiger partial charge in [0.25, 0.3) is 5.91 Å². The summed E-state index contributed by atoms with van der Waals surface area (Å²) >= 11 is 5.93. The Kier molecular flexibility index (Phi) is 7.00. The van der Waals surface area contributed by atoms with Crippen LogP contribution in [0.5, 0.6) is 0 Å². The molecule has 2 amide bonds. The fraction of sp³-hybridized carbons (Fsp3) is 0.321. The molecule has 1 aliphatic carbocycles. The number of carbonyl (C=O) groups is 2. The third-order valence-electron chi connectivity index (χ3n) is 7.76. The van der Waals surface area contributed by atoms with Crippen molar-refractivity contribution in [3.8, 4) is 11.3 Å². The second kappa shape index (κ2) is 10.5. The van der Waals surface area contributed by atoms with Crippen LogP contribution >= 0.6 is 11.6 Å². The van der Waals surface area contributed by atoms with Gasteiger partial charge < -0.3 is 5.32 Å². The van der Waals surface area contributed by atoms with Gasteiger partial charge in [-0.25, -0.2) is 27.8 Å². The molecule has 0 spiro atoms. The van der Waals surface area contributed by atoms with Crippen molar-refractivity contribution in [2.45, 2.75) is 38.1 Å². The molecule has 4 aromatic rings. The molecule has 2 fully saturated rings. The normalized spacial score (nSPS) is 18.5. The zero-order chi connectivity index (χ0) is 30.8. The number of fused-ring (bicyclic) bond motifs is 1. The Morgan fingerprint density at radius 3 is 2.58 bits per heavy atom. The van der Waals surface area contributed by atoms with Gasteiger partial charge in [0.15, 0.2) is 15.7 Å². The number of aromatic nitrogens is 6. The van der Waals surface area contributed by atoms with E-state index in [2.05, 4.69) is 30.4 Å². The highest BCUT2D eigenvalue weighted by atomic mass is 35.5. The number of aryl methyl sites for hydroxylation is 2. The van der Waals surface area contributed by atoms with Gasteiger partial charge in [0.1, 0.15) is 5.69 Å². The van der Waals surface area contributed by atoms with Gasteiger partial charge in [-0.15, -0.1) is 0 Å². The van der Waals surface area contributed by atoms with Crippen LogP contribution in [0.4, 0.5) is 16.0 Å². The number of anilines is 2. The Morgan fingerprint density at radius 1 is 1.14 bits per heavy atom. The SMILES string of the molecule is Cc1nc(N2C[C@H]3C[C@H]3C2=O)ncc1C(C)n1cc(NC(=O)c2nc(-c3c(S(C)(=O)=O)ccc(Cl)c3F)cnc2C)cn1. The van der Waals surface area contributed by atoms with E-state index in [0.29, 0.717) is 29.8 Å². The Labute approximate surface area is 251 Å². The average Bonchev–Trinajstić information content (AvgIpc) is 3.45. The molecular formula is C28H26ClFN8O4S. The smallest absolute Gasteiger partial charge is 0.276 e. The van der Waals surface area contributed by atoms with Crippen LogP contribution in [-0.4, -0.2) is 62.7 Å². The summed E-state index contributed by atoms with van der Waals surface area (Å²) in [5.41, 5.74) is 1.43. The summed E-state index contributed by atoms with van der Waals surface area (Å²) in [7, 11) is -3.86. The Morgan fingerprint density at radius 2 is 1.91 bits per heavy atom. The van der Waals surface area contributed by atoms with E-state index in [1.54, 1.807) is 28.9 Å². The molecule has 2 aliphatic rings. The molecule has 0 radical (unpaired) electrons. The number of hydrogen-bond acceptors (Lipinski definition) is 9. The number of rotatable bonds is 7. The molecule has 4 heterocycles. The van der Waals surface area contributed by atoms with E-state index >= 15 is 4.39 Å². The number of benzene rings is 1.